The van der Waals surface area contributed by atoms with Crippen LogP contribution in [0.3, 0.4) is 0 Å². The number of unbranched alkanes of at least 4 members (excludes halogenated alkanes) is 2. The van der Waals surface area contributed by atoms with Gasteiger partial charge in [0.05, 0.1) is 16.1 Å². The average molecular weight is 1260 g/mol. The van der Waals surface area contributed by atoms with Crippen LogP contribution in [0.2, 0.25) is 0 Å². The maximum Gasteiger partial charge on any atom is 0.333 e. The molecule has 0 aromatic heterocycles. The van der Waals surface area contributed by atoms with E-state index in [9.17, 15) is 53.3 Å². The van der Waals surface area contributed by atoms with E-state index >= 15 is 0 Å². The summed E-state index contributed by atoms with van der Waals surface area (Å²) in [5, 5.41) is 25.8. The standard InChI is InChI=1S/C53H65ClN4O19S5/c1-52(2)41-32-37(55(25-9-29-78-76-74-62)26-10-30-79-77-75-63)17-19-42(41)56(28-11-31-80(64,65)66)45(52)21-15-35-12-8-13-36(51(35)54)16-22-46-53(3,4)50-40-33-38(81(67,68)69)34-44(82(70,71)72)39(40)18-20-43(50)57(46)27-7-5-6-14-49(61)73-58-47(59)23-24-48(58)60/h15-22,32-34H,5-14,23-31H2,1-4H3,(H4-,62,63,64,65,66,67,68,69,70,71,72)/p+1. The predicted octanol–water partition coefficient (Wildman–Crippen LogP) is 9.72. The predicted molar refractivity (Wildman–Crippen MR) is 308 cm³/mol. The van der Waals surface area contributed by atoms with Gasteiger partial charge in [0.2, 0.25) is 5.69 Å². The molecule has 1 fully saturated rings. The highest BCUT2D eigenvalue weighted by atomic mass is 35.5. The summed E-state index contributed by atoms with van der Waals surface area (Å²) in [6.45, 7) is 9.70. The lowest BCUT2D eigenvalue weighted by Crippen LogP contribution is -2.31. The number of hydroxylamine groups is 2. The number of allylic oxidation sites excluding steroid dienone is 8. The molecule has 1 saturated heterocycles. The molecule has 0 saturated carbocycles. The quantitative estimate of drug-likeness (QED) is 0.00821. The summed E-state index contributed by atoms with van der Waals surface area (Å²) >= 11 is 9.26. The van der Waals surface area contributed by atoms with E-state index in [-0.39, 0.29) is 43.0 Å². The number of fused-ring (bicyclic) bond motifs is 4. The Morgan fingerprint density at radius 2 is 1.44 bits per heavy atom. The highest BCUT2D eigenvalue weighted by molar-refractivity contribution is 7.94. The van der Waals surface area contributed by atoms with Crippen molar-refractivity contribution in [2.75, 3.05) is 53.2 Å². The van der Waals surface area contributed by atoms with Gasteiger partial charge < -0.3 is 14.6 Å². The van der Waals surface area contributed by atoms with Crippen LogP contribution in [-0.4, -0.2) is 126 Å². The first-order valence-corrected chi connectivity index (χ1v) is 33.0. The van der Waals surface area contributed by atoms with Crippen LogP contribution >= 0.6 is 35.7 Å². The number of hydrogen-bond acceptors (Lipinski definition) is 20. The van der Waals surface area contributed by atoms with Crippen molar-refractivity contribution in [1.82, 2.24) is 5.06 Å². The van der Waals surface area contributed by atoms with Gasteiger partial charge in [0, 0.05) is 132 Å². The van der Waals surface area contributed by atoms with Crippen molar-refractivity contribution >= 4 is 117 Å². The molecule has 0 atom stereocenters. The molecule has 4 aliphatic rings. The number of carbonyl (C=O) groups is 3. The Balaban J connectivity index is 1.23. The molecule has 0 radical (unpaired) electrons. The SMILES string of the molecule is CC1(C)C(=CC=C2CCCC(C=CC3=[N+](CCCCCC(=O)ON4C(=O)CCC4=O)c4ccc5c(S(=O)(=O)O)cc(S(=O)(=O)O)cc5c4C3(C)C)=C2Cl)N(CCCS(=O)(=O)O)c2ccc(N(CCCSOOO)CCCSOOO)cc21. The van der Waals surface area contributed by atoms with Gasteiger partial charge in [0.1, 0.15) is 11.4 Å². The first-order valence-electron chi connectivity index (χ1n) is 26.3. The summed E-state index contributed by atoms with van der Waals surface area (Å²) in [5.41, 5.74) is 5.37. The van der Waals surface area contributed by atoms with Crippen LogP contribution in [-0.2, 0) is 79.1 Å². The van der Waals surface area contributed by atoms with E-state index in [2.05, 4.69) is 48.5 Å². The second-order valence-electron chi connectivity index (χ2n) is 21.0. The number of hydrogen-bond donors (Lipinski definition) is 5. The van der Waals surface area contributed by atoms with Gasteiger partial charge in [-0.15, -0.1) is 13.7 Å². The molecule has 0 spiro atoms. The van der Waals surface area contributed by atoms with E-state index in [0.29, 0.717) is 116 Å². The van der Waals surface area contributed by atoms with Gasteiger partial charge in [0.25, 0.3) is 42.2 Å². The number of carbonyl (C=O) groups excluding carboxylic acids is 3. The average Bonchev–Trinajstić information content (AvgIpc) is 3.47. The van der Waals surface area contributed by atoms with E-state index < -0.39 is 74.5 Å². The third kappa shape index (κ3) is 15.6. The molecule has 0 unspecified atom stereocenters. The Kier molecular flexibility index (Phi) is 21.7. The lowest BCUT2D eigenvalue weighted by Gasteiger charge is -2.27. The van der Waals surface area contributed by atoms with Gasteiger partial charge in [-0.2, -0.15) is 29.8 Å². The van der Waals surface area contributed by atoms with Gasteiger partial charge in [-0.1, -0.05) is 47.7 Å². The molecule has 29 heteroatoms. The lowest BCUT2D eigenvalue weighted by atomic mass is 9.78. The van der Waals surface area contributed by atoms with Crippen molar-refractivity contribution in [3.8, 4) is 0 Å². The number of nitrogens with zero attached hydrogens (tertiary/aromatic N) is 4. The molecule has 3 aromatic carbocycles. The van der Waals surface area contributed by atoms with Crippen LogP contribution in [0.25, 0.3) is 10.8 Å². The summed E-state index contributed by atoms with van der Waals surface area (Å²) in [7, 11) is -14.3. The van der Waals surface area contributed by atoms with Crippen LogP contribution in [0.5, 0.6) is 0 Å². The first kappa shape index (κ1) is 64.8. The minimum absolute atomic E-state index is 0.0237. The second kappa shape index (κ2) is 27.5. The summed E-state index contributed by atoms with van der Waals surface area (Å²) in [5.74, 6) is -1.34. The minimum atomic E-state index is -5.01. The largest absolute Gasteiger partial charge is 0.371 e. The molecular weight excluding hydrogens is 1190 g/mol. The monoisotopic (exact) mass is 1260 g/mol. The lowest BCUT2D eigenvalue weighted by molar-refractivity contribution is -0.438. The van der Waals surface area contributed by atoms with E-state index in [0.717, 1.165) is 57.9 Å². The first-order chi connectivity index (χ1) is 38.7. The normalized spacial score (nSPS) is 18.3. The van der Waals surface area contributed by atoms with Crippen LogP contribution in [0.4, 0.5) is 17.1 Å². The molecule has 2 amide bonds. The third-order valence-corrected chi connectivity index (χ3v) is 19.0. The maximum absolute atomic E-state index is 12.8. The summed E-state index contributed by atoms with van der Waals surface area (Å²) < 4.78 is 116. The number of halogens is 1. The van der Waals surface area contributed by atoms with Crippen LogP contribution in [0.1, 0.15) is 116 Å². The Hall–Kier alpha value is -4.76. The van der Waals surface area contributed by atoms with E-state index in [4.69, 9.17) is 27.0 Å². The Morgan fingerprint density at radius 3 is 2.06 bits per heavy atom. The van der Waals surface area contributed by atoms with Crippen LogP contribution in [0, 0.1) is 0 Å². The molecule has 5 N–H and O–H groups in total. The molecule has 3 aromatic rings. The molecule has 1 aliphatic carbocycles. The molecule has 82 heavy (non-hydrogen) atoms. The molecule has 448 valence electrons. The van der Waals surface area contributed by atoms with Crippen LogP contribution < -0.4 is 9.80 Å². The molecule has 3 aliphatic heterocycles. The minimum Gasteiger partial charge on any atom is -0.371 e. The van der Waals surface area contributed by atoms with Crippen molar-refractivity contribution in [2.45, 2.75) is 125 Å². The zero-order chi connectivity index (χ0) is 59.8. The molecule has 3 heterocycles. The highest BCUT2D eigenvalue weighted by Gasteiger charge is 2.46. The third-order valence-electron chi connectivity index (χ3n) is 14.8. The van der Waals surface area contributed by atoms with Gasteiger partial charge in [0.15, 0.2) is 5.71 Å². The van der Waals surface area contributed by atoms with E-state index in [1.54, 1.807) is 6.07 Å². The van der Waals surface area contributed by atoms with Crippen molar-refractivity contribution in [1.29, 1.82) is 0 Å². The maximum atomic E-state index is 12.8. The topological polar surface area (TPSA) is 314 Å². The summed E-state index contributed by atoms with van der Waals surface area (Å²) in [6, 6.07) is 11.1. The van der Waals surface area contributed by atoms with Crippen molar-refractivity contribution in [3.05, 3.63) is 99.8 Å². The number of amides is 2. The number of benzene rings is 3. The fourth-order valence-electron chi connectivity index (χ4n) is 10.9. The summed E-state index contributed by atoms with van der Waals surface area (Å²) in [4.78, 5) is 44.5. The molecular formula is C53H66ClN4O19S5+. The Morgan fingerprint density at radius 1 is 0.768 bits per heavy atom. The van der Waals surface area contributed by atoms with Gasteiger partial charge in [-0.05, 0) is 130 Å². The zero-order valence-corrected chi connectivity index (χ0v) is 50.3. The van der Waals surface area contributed by atoms with Crippen molar-refractivity contribution in [2.24, 2.45) is 0 Å². The van der Waals surface area contributed by atoms with Gasteiger partial charge in [-0.25, -0.2) is 15.3 Å². The van der Waals surface area contributed by atoms with Gasteiger partial charge in [-0.3, -0.25) is 23.2 Å². The smallest absolute Gasteiger partial charge is 0.333 e. The molecule has 0 bridgehead atoms. The summed E-state index contributed by atoms with van der Waals surface area (Å²) in [6.07, 6.45) is 12.3. The zero-order valence-electron chi connectivity index (χ0n) is 45.4. The fraction of sp³-hybridized carbons (Fsp3) is 0.472. The van der Waals surface area contributed by atoms with Gasteiger partial charge >= 0.3 is 5.97 Å². The number of rotatable bonds is 29. The number of imide groups is 1. The molecule has 7 rings (SSSR count). The highest BCUT2D eigenvalue weighted by Crippen LogP contribution is 2.50. The Bertz CT molecular complexity index is 3420. The van der Waals surface area contributed by atoms with E-state index in [1.807, 2.05) is 54.9 Å². The fourth-order valence-corrected chi connectivity index (χ4v) is 13.8. The second-order valence-corrected chi connectivity index (χ2v) is 27.3. The van der Waals surface area contributed by atoms with Crippen LogP contribution in [0.15, 0.2) is 98.4 Å². The molecule has 23 nitrogen and oxygen atoms in total. The van der Waals surface area contributed by atoms with Crippen molar-refractivity contribution in [3.63, 3.8) is 0 Å². The number of anilines is 2. The van der Waals surface area contributed by atoms with E-state index in [1.165, 1.54) is 12.1 Å². The Labute approximate surface area is 489 Å². The van der Waals surface area contributed by atoms with Crippen molar-refractivity contribution < 1.29 is 92.0 Å².